The monoisotopic (exact) mass is 131 g/mol. The zero-order valence-electron chi connectivity index (χ0n) is 5.85. The molecule has 0 fully saturated rings. The van der Waals surface area contributed by atoms with Gasteiger partial charge in [0.05, 0.1) is 0 Å². The van der Waals surface area contributed by atoms with Crippen molar-refractivity contribution >= 4 is 5.91 Å². The number of rotatable bonds is 3. The minimum Gasteiger partial charge on any atom is -0.396 e. The van der Waals surface area contributed by atoms with E-state index in [4.69, 9.17) is 5.11 Å². The normalized spacial score (nSPS) is 12.8. The summed E-state index contributed by atoms with van der Waals surface area (Å²) in [4.78, 5) is 10.3. The first-order chi connectivity index (χ1) is 4.16. The van der Waals surface area contributed by atoms with Crippen molar-refractivity contribution in [3.05, 3.63) is 0 Å². The maximum atomic E-state index is 10.3. The average Bonchev–Trinajstić information content (AvgIpc) is 1.83. The lowest BCUT2D eigenvalue weighted by Gasteiger charge is -2.06. The van der Waals surface area contributed by atoms with Crippen LogP contribution in [0.2, 0.25) is 0 Å². The number of nitrogens with one attached hydrogen (secondary N) is 1. The van der Waals surface area contributed by atoms with Crippen LogP contribution in [0.4, 0.5) is 0 Å². The van der Waals surface area contributed by atoms with Gasteiger partial charge in [0.1, 0.15) is 0 Å². The first kappa shape index (κ1) is 8.43. The van der Waals surface area contributed by atoms with Crippen LogP contribution in [0.1, 0.15) is 13.8 Å². The Bertz CT molecular complexity index is 93.1. The van der Waals surface area contributed by atoms with Gasteiger partial charge in [0.15, 0.2) is 0 Å². The molecule has 1 amide bonds. The van der Waals surface area contributed by atoms with Crippen LogP contribution in [-0.4, -0.2) is 24.2 Å². The fraction of sp³-hybridized carbons (Fsp3) is 0.833. The van der Waals surface area contributed by atoms with Crippen molar-refractivity contribution in [2.45, 2.75) is 13.8 Å². The molecule has 0 heterocycles. The molecule has 0 unspecified atom stereocenters. The average molecular weight is 131 g/mol. The van der Waals surface area contributed by atoms with E-state index in [1.807, 2.05) is 6.92 Å². The highest BCUT2D eigenvalue weighted by Gasteiger charge is 1.98. The minimum absolute atomic E-state index is 0.0460. The van der Waals surface area contributed by atoms with Gasteiger partial charge in [-0.3, -0.25) is 4.79 Å². The molecule has 0 aliphatic rings. The Kier molecular flexibility index (Phi) is 4.05. The molecule has 0 saturated carbocycles. The van der Waals surface area contributed by atoms with Crippen LogP contribution in [0.5, 0.6) is 0 Å². The van der Waals surface area contributed by atoms with Crippen molar-refractivity contribution < 1.29 is 9.90 Å². The number of aliphatic hydroxyl groups excluding tert-OH is 1. The van der Waals surface area contributed by atoms with E-state index in [0.717, 1.165) is 0 Å². The molecule has 54 valence electrons. The number of carbonyl (C=O) groups excluding carboxylic acids is 1. The van der Waals surface area contributed by atoms with Gasteiger partial charge in [-0.25, -0.2) is 0 Å². The molecule has 0 aliphatic heterocycles. The predicted octanol–water partition coefficient (Wildman–Crippen LogP) is -0.249. The Morgan fingerprint density at radius 1 is 1.78 bits per heavy atom. The van der Waals surface area contributed by atoms with Crippen LogP contribution < -0.4 is 5.32 Å². The summed E-state index contributed by atoms with van der Waals surface area (Å²) in [6.07, 6.45) is 0. The second kappa shape index (κ2) is 4.32. The maximum absolute atomic E-state index is 10.3. The summed E-state index contributed by atoms with van der Waals surface area (Å²) in [6, 6.07) is 0. The molecule has 0 spiro atoms. The zero-order chi connectivity index (χ0) is 7.28. The molecule has 0 aliphatic carbocycles. The van der Waals surface area contributed by atoms with E-state index in [9.17, 15) is 4.79 Å². The van der Waals surface area contributed by atoms with Crippen LogP contribution in [-0.2, 0) is 4.79 Å². The van der Waals surface area contributed by atoms with Gasteiger partial charge in [-0.1, -0.05) is 6.92 Å². The lowest BCUT2D eigenvalue weighted by molar-refractivity contribution is -0.119. The van der Waals surface area contributed by atoms with E-state index in [1.54, 1.807) is 0 Å². The molecule has 0 aromatic rings. The summed E-state index contributed by atoms with van der Waals surface area (Å²) in [5.41, 5.74) is 0. The van der Waals surface area contributed by atoms with Crippen LogP contribution in [0, 0.1) is 5.92 Å². The Morgan fingerprint density at radius 2 is 2.33 bits per heavy atom. The quantitative estimate of drug-likeness (QED) is 0.555. The van der Waals surface area contributed by atoms with Gasteiger partial charge < -0.3 is 10.4 Å². The minimum atomic E-state index is -0.0460. The van der Waals surface area contributed by atoms with Gasteiger partial charge >= 0.3 is 0 Å². The number of carbonyl (C=O) groups is 1. The van der Waals surface area contributed by atoms with E-state index in [1.165, 1.54) is 6.92 Å². The fourth-order valence-electron chi connectivity index (χ4n) is 0.383. The highest BCUT2D eigenvalue weighted by atomic mass is 16.3. The number of amides is 1. The van der Waals surface area contributed by atoms with Gasteiger partial charge in [-0.05, 0) is 5.92 Å². The van der Waals surface area contributed by atoms with Gasteiger partial charge in [-0.2, -0.15) is 0 Å². The van der Waals surface area contributed by atoms with Gasteiger partial charge in [0.25, 0.3) is 0 Å². The molecule has 2 N–H and O–H groups in total. The lowest BCUT2D eigenvalue weighted by Crippen LogP contribution is -2.27. The van der Waals surface area contributed by atoms with Crippen molar-refractivity contribution in [3.8, 4) is 0 Å². The Balaban J connectivity index is 3.16. The molecule has 9 heavy (non-hydrogen) atoms. The summed E-state index contributed by atoms with van der Waals surface area (Å²) in [5.74, 6) is 0.115. The van der Waals surface area contributed by atoms with E-state index in [2.05, 4.69) is 5.32 Å². The lowest BCUT2D eigenvalue weighted by atomic mass is 10.2. The molecule has 0 bridgehead atoms. The summed E-state index contributed by atoms with van der Waals surface area (Å²) in [7, 11) is 0. The maximum Gasteiger partial charge on any atom is 0.216 e. The van der Waals surface area contributed by atoms with Gasteiger partial charge in [0.2, 0.25) is 5.91 Å². The van der Waals surface area contributed by atoms with Crippen molar-refractivity contribution in [2.24, 2.45) is 5.92 Å². The molecule has 0 rings (SSSR count). The molecule has 0 saturated heterocycles. The Labute approximate surface area is 55.1 Å². The molecule has 3 nitrogen and oxygen atoms in total. The molecule has 1 atom stereocenters. The topological polar surface area (TPSA) is 49.3 Å². The number of hydrogen-bond donors (Lipinski definition) is 2. The van der Waals surface area contributed by atoms with E-state index >= 15 is 0 Å². The van der Waals surface area contributed by atoms with Crippen molar-refractivity contribution in [3.63, 3.8) is 0 Å². The molecule has 0 radical (unpaired) electrons. The summed E-state index contributed by atoms with van der Waals surface area (Å²) in [5, 5.41) is 11.1. The first-order valence-corrected chi connectivity index (χ1v) is 3.02. The van der Waals surface area contributed by atoms with Crippen LogP contribution in [0.3, 0.4) is 0 Å². The van der Waals surface area contributed by atoms with Gasteiger partial charge in [-0.15, -0.1) is 0 Å². The van der Waals surface area contributed by atoms with Crippen LogP contribution >= 0.6 is 0 Å². The third-order valence-corrected chi connectivity index (χ3v) is 1.01. The predicted molar refractivity (Wildman–Crippen MR) is 34.9 cm³/mol. The smallest absolute Gasteiger partial charge is 0.216 e. The third kappa shape index (κ3) is 5.30. The second-order valence-corrected chi connectivity index (χ2v) is 2.22. The number of hydrogen-bond acceptors (Lipinski definition) is 2. The van der Waals surface area contributed by atoms with Crippen LogP contribution in [0.15, 0.2) is 0 Å². The Morgan fingerprint density at radius 3 is 2.67 bits per heavy atom. The van der Waals surface area contributed by atoms with E-state index < -0.39 is 0 Å². The molecular weight excluding hydrogens is 118 g/mol. The van der Waals surface area contributed by atoms with Crippen molar-refractivity contribution in [1.82, 2.24) is 5.32 Å². The SMILES string of the molecule is CC(=O)NC[C@@H](C)CO. The molecular formula is C6H13NO2. The Hall–Kier alpha value is -0.570. The highest BCUT2D eigenvalue weighted by molar-refractivity contribution is 5.72. The summed E-state index contributed by atoms with van der Waals surface area (Å²) >= 11 is 0. The molecule has 3 heteroatoms. The van der Waals surface area contributed by atoms with Crippen molar-refractivity contribution in [1.29, 1.82) is 0 Å². The van der Waals surface area contributed by atoms with E-state index in [0.29, 0.717) is 6.54 Å². The third-order valence-electron chi connectivity index (χ3n) is 1.01. The fourth-order valence-corrected chi connectivity index (χ4v) is 0.383. The zero-order valence-corrected chi connectivity index (χ0v) is 5.85. The van der Waals surface area contributed by atoms with Crippen LogP contribution in [0.25, 0.3) is 0 Å². The van der Waals surface area contributed by atoms with E-state index in [-0.39, 0.29) is 18.4 Å². The van der Waals surface area contributed by atoms with Gasteiger partial charge in [0, 0.05) is 20.1 Å². The highest BCUT2D eigenvalue weighted by Crippen LogP contribution is 1.87. The summed E-state index contributed by atoms with van der Waals surface area (Å²) < 4.78 is 0. The molecule has 0 aromatic carbocycles. The largest absolute Gasteiger partial charge is 0.396 e. The van der Waals surface area contributed by atoms with Crippen molar-refractivity contribution in [2.75, 3.05) is 13.2 Å². The first-order valence-electron chi connectivity index (χ1n) is 3.02. The number of aliphatic hydroxyl groups is 1. The summed E-state index contributed by atoms with van der Waals surface area (Å²) in [6.45, 7) is 4.02. The standard InChI is InChI=1S/C6H13NO2/c1-5(4-8)3-7-6(2)9/h5,8H,3-4H2,1-2H3,(H,7,9)/t5-/m1/s1. The molecule has 0 aromatic heterocycles. The second-order valence-electron chi connectivity index (χ2n) is 2.22.